The molecule has 0 aromatic rings. The molecule has 12 heavy (non-hydrogen) atoms. The predicted octanol–water partition coefficient (Wildman–Crippen LogP) is -0.532. The molecule has 0 bridgehead atoms. The van der Waals surface area contributed by atoms with Crippen LogP contribution in [0.1, 0.15) is 0 Å². The zero-order chi connectivity index (χ0) is 8.39. The maximum absolute atomic E-state index is 10.5. The summed E-state index contributed by atoms with van der Waals surface area (Å²) in [6, 6.07) is 0. The molecule has 0 aromatic heterocycles. The Bertz CT molecular complexity index is 293. The molecule has 62 valence electrons. The molecule has 2 aliphatic rings. The average molecular weight is 420 g/mol. The minimum absolute atomic E-state index is 0.409. The van der Waals surface area contributed by atoms with Gasteiger partial charge >= 0.3 is 97.0 Å². The quantitative estimate of drug-likeness (QED) is 0.412. The first kappa shape index (κ1) is 9.52. The summed E-state index contributed by atoms with van der Waals surface area (Å²) in [5.74, 6) is 0. The molecule has 5 heteroatoms. The molecular weight excluding hydrogens is 416 g/mol. The van der Waals surface area contributed by atoms with Gasteiger partial charge in [-0.1, -0.05) is 0 Å². The van der Waals surface area contributed by atoms with Gasteiger partial charge in [0.15, 0.2) is 0 Å². The van der Waals surface area contributed by atoms with Crippen LogP contribution in [0, 0.1) is 0 Å². The van der Waals surface area contributed by atoms with Gasteiger partial charge in [-0.15, -0.1) is 0 Å². The average Bonchev–Trinajstić information content (AvgIpc) is 2.75. The van der Waals surface area contributed by atoms with E-state index in [1.54, 1.807) is 6.74 Å². The van der Waals surface area contributed by atoms with Gasteiger partial charge in [-0.05, 0) is 0 Å². The van der Waals surface area contributed by atoms with Crippen molar-refractivity contribution in [3.05, 3.63) is 26.1 Å². The first-order valence-corrected chi connectivity index (χ1v) is 10.4. The van der Waals surface area contributed by atoms with E-state index in [1.165, 1.54) is 0 Å². The van der Waals surface area contributed by atoms with Crippen LogP contribution in [0.2, 0.25) is 0 Å². The first-order chi connectivity index (χ1) is 5.90. The van der Waals surface area contributed by atoms with E-state index in [4.69, 9.17) is 0 Å². The molecule has 0 N–H and O–H groups in total. The summed E-state index contributed by atoms with van der Waals surface area (Å²) in [5, 5.41) is 0. The summed E-state index contributed by atoms with van der Waals surface area (Å²) in [4.78, 5) is 17.3. The van der Waals surface area contributed by atoms with E-state index in [9.17, 15) is 4.79 Å². The third-order valence-corrected chi connectivity index (χ3v) is 15.8. The van der Waals surface area contributed by atoms with Gasteiger partial charge in [0.05, 0.1) is 0 Å². The second-order valence-corrected chi connectivity index (χ2v) is 12.5. The number of hydrogen-bond donors (Lipinski definition) is 0. The normalized spacial score (nSPS) is 21.8. The van der Waals surface area contributed by atoms with Gasteiger partial charge < -0.3 is 0 Å². The van der Waals surface area contributed by atoms with Crippen molar-refractivity contribution in [3.8, 4) is 0 Å². The van der Waals surface area contributed by atoms with Crippen LogP contribution in [0.15, 0.2) is 26.1 Å². The molecular formula is C7H4OSe4. The standard InChI is InChI=1S/C7H4OSe4/c8-3-5-4-11-7(12-5)6-9-1-2-10-6/h1-4H. The van der Waals surface area contributed by atoms with Crippen molar-refractivity contribution in [3.63, 3.8) is 0 Å². The second-order valence-electron chi connectivity index (χ2n) is 1.94. The summed E-state index contributed by atoms with van der Waals surface area (Å²) in [7, 11) is 0. The van der Waals surface area contributed by atoms with Crippen molar-refractivity contribution in [1.82, 2.24) is 0 Å². The molecule has 2 rings (SSSR count). The van der Waals surface area contributed by atoms with Crippen molar-refractivity contribution >= 4 is 66.1 Å². The van der Waals surface area contributed by atoms with E-state index in [-0.39, 0.29) is 0 Å². The van der Waals surface area contributed by atoms with Crippen LogP contribution in [-0.4, -0.2) is 66.1 Å². The molecule has 0 fully saturated rings. The molecule has 0 amide bonds. The number of carbonyl (C=O) groups is 1. The molecule has 0 unspecified atom stereocenters. The fourth-order valence-electron chi connectivity index (χ4n) is 0.712. The van der Waals surface area contributed by atoms with Crippen molar-refractivity contribution in [2.24, 2.45) is 0 Å². The molecule has 0 radical (unpaired) electrons. The van der Waals surface area contributed by atoms with Crippen LogP contribution < -0.4 is 0 Å². The maximum atomic E-state index is 10.5. The Morgan fingerprint density at radius 2 is 1.83 bits per heavy atom. The van der Waals surface area contributed by atoms with E-state index in [2.05, 4.69) is 14.9 Å². The molecule has 0 aromatic carbocycles. The number of carbonyl (C=O) groups excluding carboxylic acids is 1. The molecule has 0 saturated heterocycles. The summed E-state index contributed by atoms with van der Waals surface area (Å²) in [6.07, 6.45) is 1.04. The van der Waals surface area contributed by atoms with Gasteiger partial charge in [-0.25, -0.2) is 0 Å². The van der Waals surface area contributed by atoms with Crippen LogP contribution >= 0.6 is 0 Å². The predicted molar refractivity (Wildman–Crippen MR) is 53.3 cm³/mol. The van der Waals surface area contributed by atoms with Crippen LogP contribution in [-0.2, 0) is 4.79 Å². The SMILES string of the molecule is O=CC1=C[Se]C(=C2[Se]C=C[Se]2)[Se]1. The number of allylic oxidation sites excluding steroid dienone is 1. The Balaban J connectivity index is 2.10. The fraction of sp³-hybridized carbons (Fsp3) is 0. The van der Waals surface area contributed by atoms with Gasteiger partial charge in [-0.3, -0.25) is 0 Å². The molecule has 2 heterocycles. The number of hydrogen-bond acceptors (Lipinski definition) is 1. The Morgan fingerprint density at radius 1 is 1.08 bits per heavy atom. The molecule has 0 atom stereocenters. The number of rotatable bonds is 1. The van der Waals surface area contributed by atoms with Crippen LogP contribution in [0.25, 0.3) is 0 Å². The fourth-order valence-corrected chi connectivity index (χ4v) is 13.9. The van der Waals surface area contributed by atoms with Crippen molar-refractivity contribution < 1.29 is 4.79 Å². The van der Waals surface area contributed by atoms with Gasteiger partial charge in [0.1, 0.15) is 0 Å². The van der Waals surface area contributed by atoms with Crippen LogP contribution in [0.4, 0.5) is 0 Å². The van der Waals surface area contributed by atoms with Crippen LogP contribution in [0.5, 0.6) is 0 Å². The Hall–Kier alpha value is 0.968. The second kappa shape index (κ2) is 4.46. The zero-order valence-electron chi connectivity index (χ0n) is 5.85. The third-order valence-electron chi connectivity index (χ3n) is 1.18. The molecule has 0 saturated carbocycles. The van der Waals surface area contributed by atoms with Crippen LogP contribution in [0.3, 0.4) is 0 Å². The summed E-state index contributed by atoms with van der Waals surface area (Å²) < 4.78 is 4.44. The van der Waals surface area contributed by atoms with Crippen molar-refractivity contribution in [1.29, 1.82) is 0 Å². The van der Waals surface area contributed by atoms with Gasteiger partial charge in [0, 0.05) is 0 Å². The molecule has 0 spiro atoms. The molecule has 0 aliphatic carbocycles. The topological polar surface area (TPSA) is 17.1 Å². The van der Waals surface area contributed by atoms with E-state index >= 15 is 0 Å². The van der Waals surface area contributed by atoms with Gasteiger partial charge in [0.25, 0.3) is 0 Å². The Labute approximate surface area is 96.1 Å². The van der Waals surface area contributed by atoms with Crippen molar-refractivity contribution in [2.75, 3.05) is 0 Å². The van der Waals surface area contributed by atoms with E-state index in [1.807, 2.05) is 0 Å². The first-order valence-electron chi connectivity index (χ1n) is 3.12. The monoisotopic (exact) mass is 424 g/mol. The number of aldehydes is 1. The molecule has 1 nitrogen and oxygen atoms in total. The van der Waals surface area contributed by atoms with Gasteiger partial charge in [-0.2, -0.15) is 0 Å². The Morgan fingerprint density at radius 3 is 2.42 bits per heavy atom. The summed E-state index contributed by atoms with van der Waals surface area (Å²) >= 11 is 2.23. The van der Waals surface area contributed by atoms with Gasteiger partial charge in [0.2, 0.25) is 0 Å². The van der Waals surface area contributed by atoms with E-state index < -0.39 is 0 Å². The molecule has 2 aliphatic heterocycles. The third kappa shape index (κ3) is 2.07. The summed E-state index contributed by atoms with van der Waals surface area (Å²) in [6.45, 7) is 0. The minimum atomic E-state index is 0.409. The zero-order valence-corrected chi connectivity index (χ0v) is 12.7. The Kier molecular flexibility index (Phi) is 3.54. The van der Waals surface area contributed by atoms with Crippen molar-refractivity contribution in [2.45, 2.75) is 0 Å². The van der Waals surface area contributed by atoms with E-state index in [0.29, 0.717) is 59.8 Å². The van der Waals surface area contributed by atoms with E-state index in [0.717, 1.165) is 10.8 Å². The summed E-state index contributed by atoms with van der Waals surface area (Å²) in [5.41, 5.74) is 0.